The summed E-state index contributed by atoms with van der Waals surface area (Å²) in [5.74, 6) is -0.825. The number of para-hydroxylation sites is 1. The van der Waals surface area contributed by atoms with E-state index in [4.69, 9.17) is 16.3 Å². The Labute approximate surface area is 116 Å². The van der Waals surface area contributed by atoms with Crippen molar-refractivity contribution in [2.75, 3.05) is 0 Å². The summed E-state index contributed by atoms with van der Waals surface area (Å²) < 4.78 is 32.3. The number of hydrogen-bond donors (Lipinski definition) is 0. The van der Waals surface area contributed by atoms with Crippen LogP contribution >= 0.6 is 27.5 Å². The lowest BCUT2D eigenvalue weighted by Crippen LogP contribution is -1.93. The van der Waals surface area contributed by atoms with Crippen LogP contribution in [0.3, 0.4) is 0 Å². The summed E-state index contributed by atoms with van der Waals surface area (Å²) in [6.45, 7) is 0. The maximum atomic E-state index is 13.6. The maximum Gasteiger partial charge on any atom is 0.167 e. The van der Waals surface area contributed by atoms with Crippen LogP contribution in [0.5, 0.6) is 11.5 Å². The Bertz CT molecular complexity index is 575. The van der Waals surface area contributed by atoms with E-state index in [2.05, 4.69) is 15.9 Å². The fourth-order valence-corrected chi connectivity index (χ4v) is 1.99. The Morgan fingerprint density at radius 2 is 1.89 bits per heavy atom. The first-order chi connectivity index (χ1) is 8.61. The molecule has 1 nitrogen and oxygen atoms in total. The van der Waals surface area contributed by atoms with Crippen molar-refractivity contribution in [2.45, 2.75) is 5.33 Å². The van der Waals surface area contributed by atoms with Gasteiger partial charge in [-0.15, -0.1) is 0 Å². The minimum absolute atomic E-state index is 0.00315. The zero-order chi connectivity index (χ0) is 13.1. The zero-order valence-corrected chi connectivity index (χ0v) is 11.4. The van der Waals surface area contributed by atoms with E-state index in [1.807, 2.05) is 0 Å². The molecule has 2 aromatic carbocycles. The van der Waals surface area contributed by atoms with Crippen LogP contribution in [0.2, 0.25) is 5.02 Å². The van der Waals surface area contributed by atoms with Gasteiger partial charge in [0.25, 0.3) is 0 Å². The first kappa shape index (κ1) is 13.3. The van der Waals surface area contributed by atoms with Crippen molar-refractivity contribution in [3.05, 3.63) is 58.6 Å². The minimum atomic E-state index is -0.606. The van der Waals surface area contributed by atoms with Crippen LogP contribution in [0.15, 0.2) is 36.4 Å². The number of ether oxygens (including phenoxy) is 1. The van der Waals surface area contributed by atoms with E-state index in [9.17, 15) is 8.78 Å². The third-order valence-electron chi connectivity index (χ3n) is 2.30. The highest BCUT2D eigenvalue weighted by Crippen LogP contribution is 2.31. The second-order valence-electron chi connectivity index (χ2n) is 3.54. The van der Waals surface area contributed by atoms with Crippen molar-refractivity contribution in [3.63, 3.8) is 0 Å². The molecular weight excluding hydrogens is 325 g/mol. The summed E-state index contributed by atoms with van der Waals surface area (Å²) in [7, 11) is 0. The van der Waals surface area contributed by atoms with Crippen molar-refractivity contribution in [2.24, 2.45) is 0 Å². The Kier molecular flexibility index (Phi) is 4.19. The number of rotatable bonds is 3. The van der Waals surface area contributed by atoms with Gasteiger partial charge in [-0.05, 0) is 18.2 Å². The molecule has 0 bridgehead atoms. The molecule has 2 rings (SSSR count). The van der Waals surface area contributed by atoms with Gasteiger partial charge in [0, 0.05) is 17.0 Å². The summed E-state index contributed by atoms with van der Waals surface area (Å²) in [6.07, 6.45) is 0. The van der Waals surface area contributed by atoms with Crippen molar-refractivity contribution in [1.82, 2.24) is 0 Å². The molecule has 5 heteroatoms. The lowest BCUT2D eigenvalue weighted by Gasteiger charge is -2.10. The van der Waals surface area contributed by atoms with E-state index in [1.54, 1.807) is 12.1 Å². The predicted octanol–water partition coefficient (Wildman–Crippen LogP) is 5.31. The first-order valence-corrected chi connectivity index (χ1v) is 6.58. The van der Waals surface area contributed by atoms with Crippen molar-refractivity contribution >= 4 is 27.5 Å². The van der Waals surface area contributed by atoms with Crippen molar-refractivity contribution in [3.8, 4) is 11.5 Å². The Balaban J connectivity index is 2.36. The number of benzene rings is 2. The molecule has 0 heterocycles. The summed E-state index contributed by atoms with van der Waals surface area (Å²) in [5.41, 5.74) is 0.644. The van der Waals surface area contributed by atoms with Gasteiger partial charge in [0.15, 0.2) is 11.6 Å². The Morgan fingerprint density at radius 1 is 1.11 bits per heavy atom. The largest absolute Gasteiger partial charge is 0.454 e. The van der Waals surface area contributed by atoms with Gasteiger partial charge in [0.05, 0.1) is 5.02 Å². The van der Waals surface area contributed by atoms with E-state index in [-0.39, 0.29) is 16.5 Å². The highest BCUT2D eigenvalue weighted by Gasteiger charge is 2.11. The molecule has 0 saturated heterocycles. The van der Waals surface area contributed by atoms with E-state index >= 15 is 0 Å². The molecule has 0 aliphatic rings. The second kappa shape index (κ2) is 5.67. The molecule has 0 atom stereocenters. The van der Waals surface area contributed by atoms with Gasteiger partial charge < -0.3 is 4.74 Å². The smallest absolute Gasteiger partial charge is 0.167 e. The summed E-state index contributed by atoms with van der Waals surface area (Å²) in [6, 6.07) is 8.55. The van der Waals surface area contributed by atoms with Crippen LogP contribution in [0.25, 0.3) is 0 Å². The average molecular weight is 334 g/mol. The fraction of sp³-hybridized carbons (Fsp3) is 0.0769. The molecule has 0 radical (unpaired) electrons. The number of halogens is 4. The normalized spacial score (nSPS) is 10.4. The van der Waals surface area contributed by atoms with E-state index in [0.717, 1.165) is 6.07 Å². The summed E-state index contributed by atoms with van der Waals surface area (Å²) in [5, 5.41) is 0.437. The summed E-state index contributed by atoms with van der Waals surface area (Å²) >= 11 is 8.80. The van der Waals surface area contributed by atoms with Gasteiger partial charge in [0.2, 0.25) is 0 Å². The molecule has 0 aliphatic heterocycles. The molecule has 0 aliphatic carbocycles. The van der Waals surface area contributed by atoms with E-state index < -0.39 is 11.6 Å². The van der Waals surface area contributed by atoms with Crippen molar-refractivity contribution in [1.29, 1.82) is 0 Å². The number of hydrogen-bond acceptors (Lipinski definition) is 1. The third kappa shape index (κ3) is 2.82. The fourth-order valence-electron chi connectivity index (χ4n) is 1.43. The molecule has 0 fully saturated rings. The lowest BCUT2D eigenvalue weighted by molar-refractivity contribution is 0.435. The van der Waals surface area contributed by atoms with Gasteiger partial charge in [0.1, 0.15) is 11.6 Å². The third-order valence-corrected chi connectivity index (χ3v) is 3.21. The van der Waals surface area contributed by atoms with E-state index in [1.165, 1.54) is 18.2 Å². The van der Waals surface area contributed by atoms with Gasteiger partial charge in [-0.25, -0.2) is 8.78 Å². The van der Waals surface area contributed by atoms with Crippen LogP contribution < -0.4 is 4.74 Å². The van der Waals surface area contributed by atoms with Crippen LogP contribution in [0, 0.1) is 11.6 Å². The van der Waals surface area contributed by atoms with Gasteiger partial charge in [-0.2, -0.15) is 0 Å². The van der Waals surface area contributed by atoms with Gasteiger partial charge in [-0.1, -0.05) is 39.7 Å². The van der Waals surface area contributed by atoms with Crippen LogP contribution in [-0.2, 0) is 5.33 Å². The summed E-state index contributed by atoms with van der Waals surface area (Å²) in [4.78, 5) is 0. The lowest BCUT2D eigenvalue weighted by atomic mass is 10.2. The highest BCUT2D eigenvalue weighted by molar-refractivity contribution is 9.08. The second-order valence-corrected chi connectivity index (χ2v) is 4.51. The molecule has 0 N–H and O–H groups in total. The van der Waals surface area contributed by atoms with Crippen LogP contribution in [0.1, 0.15) is 5.56 Å². The standard InChI is InChI=1S/C13H8BrClF2O/c14-7-8-2-1-3-11(16)13(8)18-9-4-5-10(15)12(17)6-9/h1-6H,7H2. The van der Waals surface area contributed by atoms with Crippen molar-refractivity contribution < 1.29 is 13.5 Å². The molecule has 0 amide bonds. The Morgan fingerprint density at radius 3 is 2.56 bits per heavy atom. The van der Waals surface area contributed by atoms with Crippen LogP contribution in [-0.4, -0.2) is 0 Å². The quantitative estimate of drug-likeness (QED) is 0.692. The van der Waals surface area contributed by atoms with Gasteiger partial charge >= 0.3 is 0 Å². The number of alkyl halides is 1. The SMILES string of the molecule is Fc1cc(Oc2c(F)cccc2CBr)ccc1Cl. The van der Waals surface area contributed by atoms with Gasteiger partial charge in [-0.3, -0.25) is 0 Å². The molecule has 2 aromatic rings. The average Bonchev–Trinajstić information content (AvgIpc) is 2.36. The van der Waals surface area contributed by atoms with E-state index in [0.29, 0.717) is 10.9 Å². The topological polar surface area (TPSA) is 9.23 Å². The molecule has 94 valence electrons. The molecule has 18 heavy (non-hydrogen) atoms. The molecule has 0 aromatic heterocycles. The first-order valence-electron chi connectivity index (χ1n) is 5.08. The molecular formula is C13H8BrClF2O. The minimum Gasteiger partial charge on any atom is -0.454 e. The van der Waals surface area contributed by atoms with Crippen LogP contribution in [0.4, 0.5) is 8.78 Å². The predicted molar refractivity (Wildman–Crippen MR) is 70.5 cm³/mol. The molecule has 0 spiro atoms. The molecule has 0 saturated carbocycles. The monoisotopic (exact) mass is 332 g/mol. The zero-order valence-electron chi connectivity index (χ0n) is 9.09. The highest BCUT2D eigenvalue weighted by atomic mass is 79.9. The Hall–Kier alpha value is -1.13. The molecule has 0 unspecified atom stereocenters. The maximum absolute atomic E-state index is 13.6.